The molecule has 2 rings (SSSR count). The summed E-state index contributed by atoms with van der Waals surface area (Å²) in [5, 5.41) is 2.62. The zero-order valence-corrected chi connectivity index (χ0v) is 10.6. The monoisotopic (exact) mass is 272 g/mol. The normalized spacial score (nSPS) is 16.1. The second-order valence-electron chi connectivity index (χ2n) is 4.15. The van der Waals surface area contributed by atoms with Gasteiger partial charge in [0.2, 0.25) is 5.91 Å². The molecular weight excluding hydrogens is 259 g/mol. The van der Waals surface area contributed by atoms with Crippen LogP contribution < -0.4 is 5.32 Å². The quantitative estimate of drug-likeness (QED) is 0.823. The first-order chi connectivity index (χ1) is 8.38. The van der Waals surface area contributed by atoms with E-state index in [1.165, 1.54) is 6.92 Å². The van der Waals surface area contributed by atoms with Gasteiger partial charge in [0.25, 0.3) is 0 Å². The van der Waals surface area contributed by atoms with E-state index in [-0.39, 0.29) is 19.0 Å². The lowest BCUT2D eigenvalue weighted by atomic mass is 9.99. The molecule has 0 aromatic heterocycles. The van der Waals surface area contributed by atoms with Crippen LogP contribution in [0.5, 0.6) is 0 Å². The van der Waals surface area contributed by atoms with E-state index >= 15 is 0 Å². The van der Waals surface area contributed by atoms with Crippen LogP contribution in [0.25, 0.3) is 0 Å². The number of anilines is 1. The van der Waals surface area contributed by atoms with Crippen LogP contribution in [0.1, 0.15) is 18.1 Å². The molecule has 1 heterocycles. The molecule has 0 saturated carbocycles. The Bertz CT molecular complexity index is 586. The second kappa shape index (κ2) is 4.66. The van der Waals surface area contributed by atoms with Crippen molar-refractivity contribution < 1.29 is 17.1 Å². The van der Waals surface area contributed by atoms with Gasteiger partial charge in [-0.05, 0) is 23.6 Å². The van der Waals surface area contributed by atoms with Crippen molar-refractivity contribution in [3.05, 3.63) is 29.3 Å². The summed E-state index contributed by atoms with van der Waals surface area (Å²) in [5.41, 5.74) is 2.12. The largest absolute Gasteiger partial charge is 0.375 e. The molecule has 7 heteroatoms. The highest BCUT2D eigenvalue weighted by Crippen LogP contribution is 2.28. The van der Waals surface area contributed by atoms with E-state index in [1.807, 2.05) is 6.07 Å². The SMILES string of the molecule is CC(=O)Nc1cccc2c1CN(S(=O)(=O)F)CC2. The van der Waals surface area contributed by atoms with E-state index in [0.29, 0.717) is 17.7 Å². The van der Waals surface area contributed by atoms with Crippen molar-refractivity contribution in [2.45, 2.75) is 19.9 Å². The number of rotatable bonds is 2. The molecule has 1 aromatic carbocycles. The number of hydrogen-bond acceptors (Lipinski definition) is 3. The van der Waals surface area contributed by atoms with Crippen LogP contribution in [-0.4, -0.2) is 25.2 Å². The van der Waals surface area contributed by atoms with Gasteiger partial charge in [-0.2, -0.15) is 12.7 Å². The Morgan fingerprint density at radius 3 is 2.78 bits per heavy atom. The van der Waals surface area contributed by atoms with Gasteiger partial charge in [0.15, 0.2) is 0 Å². The van der Waals surface area contributed by atoms with E-state index in [9.17, 15) is 17.1 Å². The Morgan fingerprint density at radius 2 is 2.17 bits per heavy atom. The molecule has 0 unspecified atom stereocenters. The van der Waals surface area contributed by atoms with Gasteiger partial charge in [-0.25, -0.2) is 0 Å². The fourth-order valence-corrected chi connectivity index (χ4v) is 2.64. The van der Waals surface area contributed by atoms with E-state index in [1.54, 1.807) is 12.1 Å². The van der Waals surface area contributed by atoms with E-state index in [2.05, 4.69) is 5.32 Å². The van der Waals surface area contributed by atoms with Gasteiger partial charge in [0.05, 0.1) is 0 Å². The Hall–Kier alpha value is -1.47. The molecular formula is C11H13FN2O3S. The Kier molecular flexibility index (Phi) is 3.36. The number of nitrogens with zero attached hydrogens (tertiary/aromatic N) is 1. The Balaban J connectivity index is 2.37. The molecule has 1 N–H and O–H groups in total. The number of fused-ring (bicyclic) bond motifs is 1. The van der Waals surface area contributed by atoms with Crippen molar-refractivity contribution >= 4 is 22.0 Å². The minimum atomic E-state index is -4.69. The fourth-order valence-electron chi connectivity index (χ4n) is 2.05. The summed E-state index contributed by atoms with van der Waals surface area (Å²) in [6.45, 7) is 1.44. The molecule has 0 saturated heterocycles. The highest BCUT2D eigenvalue weighted by Gasteiger charge is 2.27. The van der Waals surface area contributed by atoms with E-state index in [0.717, 1.165) is 9.87 Å². The van der Waals surface area contributed by atoms with Crippen LogP contribution in [0.2, 0.25) is 0 Å². The maximum Gasteiger partial charge on any atom is 0.375 e. The number of carbonyl (C=O) groups excluding carboxylic acids is 1. The Labute approximate surface area is 105 Å². The minimum absolute atomic E-state index is 0.0510. The molecule has 0 atom stereocenters. The van der Waals surface area contributed by atoms with Crippen molar-refractivity contribution in [1.29, 1.82) is 0 Å². The second-order valence-corrected chi connectivity index (χ2v) is 5.49. The molecule has 0 bridgehead atoms. The molecule has 18 heavy (non-hydrogen) atoms. The third kappa shape index (κ3) is 2.68. The lowest BCUT2D eigenvalue weighted by Gasteiger charge is -2.26. The van der Waals surface area contributed by atoms with Gasteiger partial charge in [-0.1, -0.05) is 16.0 Å². The lowest BCUT2D eigenvalue weighted by Crippen LogP contribution is -2.34. The number of nitrogens with one attached hydrogen (secondary N) is 1. The first-order valence-corrected chi connectivity index (χ1v) is 6.80. The van der Waals surface area contributed by atoms with E-state index < -0.39 is 10.4 Å². The summed E-state index contributed by atoms with van der Waals surface area (Å²) in [6.07, 6.45) is 0.436. The third-order valence-electron chi connectivity index (χ3n) is 2.86. The van der Waals surface area contributed by atoms with Gasteiger partial charge in [0, 0.05) is 25.7 Å². The molecule has 0 radical (unpaired) electrons. The number of halogens is 1. The minimum Gasteiger partial charge on any atom is -0.326 e. The molecule has 0 fully saturated rings. The predicted octanol–water partition coefficient (Wildman–Crippen LogP) is 1.22. The maximum absolute atomic E-state index is 13.0. The molecule has 0 aliphatic carbocycles. The van der Waals surface area contributed by atoms with Crippen LogP contribution in [0.3, 0.4) is 0 Å². The zero-order chi connectivity index (χ0) is 13.3. The van der Waals surface area contributed by atoms with E-state index in [4.69, 9.17) is 0 Å². The maximum atomic E-state index is 13.0. The van der Waals surface area contributed by atoms with Crippen LogP contribution in [0.15, 0.2) is 18.2 Å². The van der Waals surface area contributed by atoms with Crippen molar-refractivity contribution in [3.8, 4) is 0 Å². The summed E-state index contributed by atoms with van der Waals surface area (Å²) in [6, 6.07) is 5.31. The van der Waals surface area contributed by atoms with Gasteiger partial charge >= 0.3 is 10.4 Å². The summed E-state index contributed by atoms with van der Waals surface area (Å²) in [4.78, 5) is 11.1. The smallest absolute Gasteiger partial charge is 0.326 e. The first-order valence-electron chi connectivity index (χ1n) is 5.46. The number of amides is 1. The summed E-state index contributed by atoms with van der Waals surface area (Å²) in [7, 11) is -4.69. The number of carbonyl (C=O) groups is 1. The number of benzene rings is 1. The molecule has 1 aliphatic rings. The van der Waals surface area contributed by atoms with Gasteiger partial charge in [-0.3, -0.25) is 4.79 Å². The van der Waals surface area contributed by atoms with Gasteiger partial charge in [0.1, 0.15) is 0 Å². The topological polar surface area (TPSA) is 66.5 Å². The Morgan fingerprint density at radius 1 is 1.44 bits per heavy atom. The molecule has 1 aromatic rings. The standard InChI is InChI=1S/C11H13FN2O3S/c1-8(15)13-11-4-2-3-9-5-6-14(7-10(9)11)18(12,16)17/h2-4H,5-7H2,1H3,(H,13,15). The average Bonchev–Trinajstić information content (AvgIpc) is 2.27. The zero-order valence-electron chi connectivity index (χ0n) is 9.81. The lowest BCUT2D eigenvalue weighted by molar-refractivity contribution is -0.114. The van der Waals surface area contributed by atoms with Crippen LogP contribution in [0, 0.1) is 0 Å². The van der Waals surface area contributed by atoms with Crippen LogP contribution in [-0.2, 0) is 28.2 Å². The fraction of sp³-hybridized carbons (Fsp3) is 0.364. The van der Waals surface area contributed by atoms with Crippen LogP contribution >= 0.6 is 0 Å². The molecule has 5 nitrogen and oxygen atoms in total. The van der Waals surface area contributed by atoms with Crippen molar-refractivity contribution in [2.24, 2.45) is 0 Å². The molecule has 1 amide bonds. The van der Waals surface area contributed by atoms with Crippen molar-refractivity contribution in [2.75, 3.05) is 11.9 Å². The molecule has 98 valence electrons. The summed E-state index contributed by atoms with van der Waals surface area (Å²) in [5.74, 6) is -0.247. The average molecular weight is 272 g/mol. The summed E-state index contributed by atoms with van der Waals surface area (Å²) < 4.78 is 35.5. The highest BCUT2D eigenvalue weighted by molar-refractivity contribution is 7.83. The molecule has 0 spiro atoms. The summed E-state index contributed by atoms with van der Waals surface area (Å²) >= 11 is 0. The molecule has 1 aliphatic heterocycles. The van der Waals surface area contributed by atoms with Crippen LogP contribution in [0.4, 0.5) is 9.57 Å². The first kappa shape index (κ1) is 13.0. The van der Waals surface area contributed by atoms with Crippen molar-refractivity contribution in [1.82, 2.24) is 4.31 Å². The van der Waals surface area contributed by atoms with Gasteiger partial charge in [-0.15, -0.1) is 0 Å². The predicted molar refractivity (Wildman–Crippen MR) is 64.9 cm³/mol. The number of hydrogen-bond donors (Lipinski definition) is 1. The highest BCUT2D eigenvalue weighted by atomic mass is 32.3. The third-order valence-corrected chi connectivity index (χ3v) is 3.79. The van der Waals surface area contributed by atoms with Gasteiger partial charge < -0.3 is 5.32 Å². The van der Waals surface area contributed by atoms with Crippen molar-refractivity contribution in [3.63, 3.8) is 0 Å².